The van der Waals surface area contributed by atoms with Gasteiger partial charge in [-0.2, -0.15) is 0 Å². The number of benzene rings is 1. The minimum Gasteiger partial charge on any atom is -0.497 e. The summed E-state index contributed by atoms with van der Waals surface area (Å²) >= 11 is 0. The maximum Gasteiger partial charge on any atom is 0.118 e. The molecule has 2 rings (SSSR count). The van der Waals surface area contributed by atoms with E-state index >= 15 is 0 Å². The van der Waals surface area contributed by atoms with Crippen molar-refractivity contribution < 1.29 is 9.84 Å². The van der Waals surface area contributed by atoms with Crippen LogP contribution in [0.25, 0.3) is 6.08 Å². The van der Waals surface area contributed by atoms with Gasteiger partial charge in [0.15, 0.2) is 0 Å². The highest BCUT2D eigenvalue weighted by Crippen LogP contribution is 2.21. The van der Waals surface area contributed by atoms with E-state index in [1.54, 1.807) is 7.11 Å². The molecule has 110 valence electrons. The van der Waals surface area contributed by atoms with E-state index in [0.717, 1.165) is 31.8 Å². The van der Waals surface area contributed by atoms with Crippen molar-refractivity contribution in [3.05, 3.63) is 35.4 Å². The van der Waals surface area contributed by atoms with Gasteiger partial charge in [0.25, 0.3) is 0 Å². The zero-order valence-electron chi connectivity index (χ0n) is 12.7. The summed E-state index contributed by atoms with van der Waals surface area (Å²) in [6.45, 7) is 7.14. The van der Waals surface area contributed by atoms with Gasteiger partial charge in [0.1, 0.15) is 5.75 Å². The molecule has 2 unspecified atom stereocenters. The molecule has 0 saturated carbocycles. The monoisotopic (exact) mass is 275 g/mol. The van der Waals surface area contributed by atoms with Crippen LogP contribution in [0.3, 0.4) is 0 Å². The fourth-order valence-corrected chi connectivity index (χ4v) is 2.78. The van der Waals surface area contributed by atoms with E-state index in [4.69, 9.17) is 4.74 Å². The van der Waals surface area contributed by atoms with Gasteiger partial charge in [0, 0.05) is 13.1 Å². The second-order valence-electron chi connectivity index (χ2n) is 5.79. The first-order valence-corrected chi connectivity index (χ1v) is 7.30. The topological polar surface area (TPSA) is 32.7 Å². The van der Waals surface area contributed by atoms with Crippen LogP contribution in [-0.2, 0) is 0 Å². The first-order chi connectivity index (χ1) is 9.58. The van der Waals surface area contributed by atoms with Crippen molar-refractivity contribution in [2.45, 2.75) is 26.4 Å². The Morgan fingerprint density at radius 1 is 1.45 bits per heavy atom. The van der Waals surface area contributed by atoms with E-state index in [9.17, 15) is 5.11 Å². The molecule has 3 nitrogen and oxygen atoms in total. The summed E-state index contributed by atoms with van der Waals surface area (Å²) in [5.74, 6) is 1.32. The predicted octanol–water partition coefficient (Wildman–Crippen LogP) is 2.80. The van der Waals surface area contributed by atoms with E-state index in [2.05, 4.69) is 30.0 Å². The van der Waals surface area contributed by atoms with Crippen LogP contribution in [-0.4, -0.2) is 42.9 Å². The quantitative estimate of drug-likeness (QED) is 0.897. The lowest BCUT2D eigenvalue weighted by atomic mass is 10.0. The van der Waals surface area contributed by atoms with Crippen LogP contribution >= 0.6 is 0 Å². The molecular formula is C17H25NO2. The Labute approximate surface area is 121 Å². The van der Waals surface area contributed by atoms with Gasteiger partial charge < -0.3 is 9.84 Å². The zero-order chi connectivity index (χ0) is 14.5. The SMILES string of the molecule is COc1ccc(/C=C(/C)CN2CCC(C(C)O)C2)cc1. The molecule has 0 aliphatic carbocycles. The molecule has 2 atom stereocenters. The minimum atomic E-state index is -0.189. The minimum absolute atomic E-state index is 0.189. The van der Waals surface area contributed by atoms with Gasteiger partial charge in [-0.25, -0.2) is 0 Å². The molecule has 1 aliphatic heterocycles. The molecule has 0 spiro atoms. The highest BCUT2D eigenvalue weighted by Gasteiger charge is 2.25. The molecule has 1 aliphatic rings. The van der Waals surface area contributed by atoms with Crippen LogP contribution in [0.5, 0.6) is 5.75 Å². The Morgan fingerprint density at radius 2 is 2.15 bits per heavy atom. The Bertz CT molecular complexity index is 451. The number of ether oxygens (including phenoxy) is 1. The average Bonchev–Trinajstić information content (AvgIpc) is 2.88. The normalized spacial score (nSPS) is 22.0. The van der Waals surface area contributed by atoms with Crippen LogP contribution in [0.4, 0.5) is 0 Å². The van der Waals surface area contributed by atoms with E-state index in [0.29, 0.717) is 5.92 Å². The number of aliphatic hydroxyl groups excluding tert-OH is 1. The summed E-state index contributed by atoms with van der Waals surface area (Å²) in [6, 6.07) is 8.12. The van der Waals surface area contributed by atoms with Crippen molar-refractivity contribution in [1.82, 2.24) is 4.90 Å². The number of nitrogens with zero attached hydrogens (tertiary/aromatic N) is 1. The van der Waals surface area contributed by atoms with Crippen LogP contribution in [0.15, 0.2) is 29.8 Å². The lowest BCUT2D eigenvalue weighted by Gasteiger charge is -2.17. The average molecular weight is 275 g/mol. The Hall–Kier alpha value is -1.32. The largest absolute Gasteiger partial charge is 0.497 e. The molecule has 1 fully saturated rings. The molecule has 1 aromatic rings. The highest BCUT2D eigenvalue weighted by atomic mass is 16.5. The molecule has 1 N–H and O–H groups in total. The summed E-state index contributed by atoms with van der Waals surface area (Å²) in [7, 11) is 1.68. The van der Waals surface area contributed by atoms with Gasteiger partial charge >= 0.3 is 0 Å². The summed E-state index contributed by atoms with van der Waals surface area (Å²) in [5.41, 5.74) is 2.55. The number of aliphatic hydroxyl groups is 1. The van der Waals surface area contributed by atoms with E-state index in [-0.39, 0.29) is 6.10 Å². The molecule has 3 heteroatoms. The first-order valence-electron chi connectivity index (χ1n) is 7.30. The van der Waals surface area contributed by atoms with Crippen molar-refractivity contribution >= 4 is 6.08 Å². The van der Waals surface area contributed by atoms with Crippen LogP contribution in [0.1, 0.15) is 25.8 Å². The van der Waals surface area contributed by atoms with Crippen LogP contribution in [0.2, 0.25) is 0 Å². The third-order valence-corrected chi connectivity index (χ3v) is 3.99. The van der Waals surface area contributed by atoms with Crippen molar-refractivity contribution in [3.8, 4) is 5.75 Å². The maximum absolute atomic E-state index is 9.64. The summed E-state index contributed by atoms with van der Waals surface area (Å²) < 4.78 is 5.16. The molecule has 1 saturated heterocycles. The first kappa shape index (κ1) is 15.1. The third-order valence-electron chi connectivity index (χ3n) is 3.99. The standard InChI is InChI=1S/C17H25NO2/c1-13(10-15-4-6-17(20-3)7-5-15)11-18-9-8-16(12-18)14(2)19/h4-7,10,14,16,19H,8-9,11-12H2,1-3H3/b13-10-. The Kier molecular flexibility index (Phi) is 5.21. The molecule has 1 heterocycles. The number of methoxy groups -OCH3 is 1. The Morgan fingerprint density at radius 3 is 2.70 bits per heavy atom. The van der Waals surface area contributed by atoms with E-state index in [1.807, 2.05) is 19.1 Å². The van der Waals surface area contributed by atoms with E-state index < -0.39 is 0 Å². The second kappa shape index (κ2) is 6.91. The smallest absolute Gasteiger partial charge is 0.118 e. The van der Waals surface area contributed by atoms with Crippen LogP contribution < -0.4 is 4.74 Å². The molecule has 1 aromatic carbocycles. The van der Waals surface area contributed by atoms with Gasteiger partial charge in [0.05, 0.1) is 13.2 Å². The number of rotatable bonds is 5. The maximum atomic E-state index is 9.64. The second-order valence-corrected chi connectivity index (χ2v) is 5.79. The molecule has 20 heavy (non-hydrogen) atoms. The summed E-state index contributed by atoms with van der Waals surface area (Å²) in [6.07, 6.45) is 3.13. The number of hydrogen-bond donors (Lipinski definition) is 1. The van der Waals surface area contributed by atoms with Gasteiger partial charge in [-0.15, -0.1) is 0 Å². The fraction of sp³-hybridized carbons (Fsp3) is 0.529. The molecule has 0 bridgehead atoms. The zero-order valence-corrected chi connectivity index (χ0v) is 12.7. The van der Waals surface area contributed by atoms with Crippen molar-refractivity contribution in [2.24, 2.45) is 5.92 Å². The van der Waals surface area contributed by atoms with Gasteiger partial charge in [-0.1, -0.05) is 23.8 Å². The third kappa shape index (κ3) is 4.09. The Balaban J connectivity index is 1.90. The highest BCUT2D eigenvalue weighted by molar-refractivity contribution is 5.53. The van der Waals surface area contributed by atoms with Gasteiger partial charge in [-0.3, -0.25) is 4.90 Å². The number of hydrogen-bond acceptors (Lipinski definition) is 3. The van der Waals surface area contributed by atoms with Gasteiger partial charge in [0.2, 0.25) is 0 Å². The van der Waals surface area contributed by atoms with Crippen molar-refractivity contribution in [1.29, 1.82) is 0 Å². The molecule has 0 radical (unpaired) electrons. The van der Waals surface area contributed by atoms with E-state index in [1.165, 1.54) is 11.1 Å². The van der Waals surface area contributed by atoms with Crippen LogP contribution in [0, 0.1) is 5.92 Å². The van der Waals surface area contributed by atoms with Crippen molar-refractivity contribution in [2.75, 3.05) is 26.7 Å². The predicted molar refractivity (Wildman–Crippen MR) is 82.9 cm³/mol. The lowest BCUT2D eigenvalue weighted by Crippen LogP contribution is -2.25. The number of likely N-dealkylation sites (tertiary alicyclic amines) is 1. The molecule has 0 aromatic heterocycles. The lowest BCUT2D eigenvalue weighted by molar-refractivity contribution is 0.128. The summed E-state index contributed by atoms with van der Waals surface area (Å²) in [5, 5.41) is 9.64. The molecular weight excluding hydrogens is 250 g/mol. The van der Waals surface area contributed by atoms with Gasteiger partial charge in [-0.05, 0) is 50.4 Å². The molecule has 0 amide bonds. The fourth-order valence-electron chi connectivity index (χ4n) is 2.78. The van der Waals surface area contributed by atoms with Crippen molar-refractivity contribution in [3.63, 3.8) is 0 Å². The summed E-state index contributed by atoms with van der Waals surface area (Å²) in [4.78, 5) is 2.42.